The van der Waals surface area contributed by atoms with Crippen molar-refractivity contribution in [2.75, 3.05) is 33.7 Å². The van der Waals surface area contributed by atoms with Crippen LogP contribution in [0.25, 0.3) is 0 Å². The van der Waals surface area contributed by atoms with Crippen molar-refractivity contribution in [1.29, 1.82) is 0 Å². The number of aromatic nitrogens is 1. The summed E-state index contributed by atoms with van der Waals surface area (Å²) in [7, 11) is 3.63. The van der Waals surface area contributed by atoms with Gasteiger partial charge in [0, 0.05) is 38.6 Å². The topological polar surface area (TPSA) is 48.5 Å². The minimum Gasteiger partial charge on any atom is -0.347 e. The Morgan fingerprint density at radius 2 is 2.20 bits per heavy atom. The molecular formula is C14H24N4OS. The Bertz CT molecular complexity index is 486. The Kier molecular flexibility index (Phi) is 4.78. The molecule has 0 saturated carbocycles. The molecule has 112 valence electrons. The monoisotopic (exact) mass is 296 g/mol. The Morgan fingerprint density at radius 1 is 1.50 bits per heavy atom. The minimum absolute atomic E-state index is 0.102. The van der Waals surface area contributed by atoms with Crippen LogP contribution >= 0.6 is 11.3 Å². The van der Waals surface area contributed by atoms with Gasteiger partial charge in [-0.05, 0) is 20.8 Å². The molecule has 20 heavy (non-hydrogen) atoms. The number of carbonyl (C=O) groups is 1. The molecule has 1 aliphatic heterocycles. The number of piperazine rings is 1. The normalized spacial score (nSPS) is 21.8. The van der Waals surface area contributed by atoms with Gasteiger partial charge in [-0.1, -0.05) is 0 Å². The van der Waals surface area contributed by atoms with Crippen LogP contribution in [0.15, 0.2) is 0 Å². The maximum Gasteiger partial charge on any atom is 0.240 e. The van der Waals surface area contributed by atoms with Crippen LogP contribution in [0.4, 0.5) is 0 Å². The van der Waals surface area contributed by atoms with Gasteiger partial charge in [-0.2, -0.15) is 0 Å². The fourth-order valence-corrected chi connectivity index (χ4v) is 3.71. The van der Waals surface area contributed by atoms with Crippen LogP contribution in [0.5, 0.6) is 0 Å². The lowest BCUT2D eigenvalue weighted by Gasteiger charge is -2.39. The molecule has 0 aliphatic carbocycles. The van der Waals surface area contributed by atoms with E-state index in [9.17, 15) is 4.79 Å². The van der Waals surface area contributed by atoms with Gasteiger partial charge < -0.3 is 10.2 Å². The molecule has 1 aromatic heterocycles. The number of hydrogen-bond donors (Lipinski definition) is 1. The molecule has 2 atom stereocenters. The Hall–Kier alpha value is -0.980. The molecule has 0 spiro atoms. The van der Waals surface area contributed by atoms with Gasteiger partial charge in [-0.3, -0.25) is 9.69 Å². The Morgan fingerprint density at radius 3 is 2.75 bits per heavy atom. The van der Waals surface area contributed by atoms with Gasteiger partial charge in [-0.15, -0.1) is 11.3 Å². The molecular weight excluding hydrogens is 272 g/mol. The number of aryl methyl sites for hydroxylation is 2. The van der Waals surface area contributed by atoms with E-state index in [1.807, 2.05) is 21.0 Å². The first kappa shape index (κ1) is 15.4. The van der Waals surface area contributed by atoms with Gasteiger partial charge in [0.15, 0.2) is 0 Å². The highest BCUT2D eigenvalue weighted by Crippen LogP contribution is 2.28. The molecule has 0 bridgehead atoms. The molecule has 1 N–H and O–H groups in total. The molecule has 0 aromatic carbocycles. The number of carbonyl (C=O) groups excluding carboxylic acids is 1. The molecule has 1 saturated heterocycles. The summed E-state index contributed by atoms with van der Waals surface area (Å²) in [4.78, 5) is 22.2. The third kappa shape index (κ3) is 3.02. The van der Waals surface area contributed by atoms with Crippen molar-refractivity contribution in [3.63, 3.8) is 0 Å². The van der Waals surface area contributed by atoms with Crippen LogP contribution in [0, 0.1) is 13.8 Å². The Balaban J connectivity index is 2.23. The van der Waals surface area contributed by atoms with Crippen molar-refractivity contribution >= 4 is 17.2 Å². The van der Waals surface area contributed by atoms with Crippen LogP contribution in [-0.4, -0.2) is 60.5 Å². The number of nitrogens with one attached hydrogen (secondary N) is 1. The SMILES string of the molecule is Cc1nc(C(C)N2CCNCC2C(=O)N(C)C)c(C)s1. The lowest BCUT2D eigenvalue weighted by atomic mass is 10.1. The molecule has 1 fully saturated rings. The standard InChI is InChI=1S/C14H24N4OS/c1-9(13-10(2)20-11(3)16-13)18-7-6-15-8-12(18)14(19)17(4)5/h9,12,15H,6-8H2,1-5H3. The predicted octanol–water partition coefficient (Wildman–Crippen LogP) is 1.18. The maximum atomic E-state index is 12.4. The van der Waals surface area contributed by atoms with Gasteiger partial charge in [0.1, 0.15) is 6.04 Å². The fourth-order valence-electron chi connectivity index (χ4n) is 2.80. The highest BCUT2D eigenvalue weighted by molar-refractivity contribution is 7.11. The molecule has 2 heterocycles. The third-order valence-corrected chi connectivity index (χ3v) is 4.75. The summed E-state index contributed by atoms with van der Waals surface area (Å²) in [5.41, 5.74) is 1.12. The van der Waals surface area contributed by atoms with Crippen molar-refractivity contribution in [1.82, 2.24) is 20.1 Å². The highest BCUT2D eigenvalue weighted by atomic mass is 32.1. The number of rotatable bonds is 3. The summed E-state index contributed by atoms with van der Waals surface area (Å²) < 4.78 is 0. The minimum atomic E-state index is -0.102. The number of hydrogen-bond acceptors (Lipinski definition) is 5. The summed E-state index contributed by atoms with van der Waals surface area (Å²) in [6.45, 7) is 8.81. The van der Waals surface area contributed by atoms with Crippen LogP contribution < -0.4 is 5.32 Å². The smallest absolute Gasteiger partial charge is 0.240 e. The van der Waals surface area contributed by atoms with Crippen molar-refractivity contribution in [3.8, 4) is 0 Å². The average molecular weight is 296 g/mol. The second kappa shape index (κ2) is 6.20. The van der Waals surface area contributed by atoms with E-state index in [0.29, 0.717) is 6.54 Å². The third-order valence-electron chi connectivity index (χ3n) is 3.84. The molecule has 1 aromatic rings. The van der Waals surface area contributed by atoms with E-state index in [0.717, 1.165) is 23.8 Å². The van der Waals surface area contributed by atoms with E-state index < -0.39 is 0 Å². The first-order valence-electron chi connectivity index (χ1n) is 7.03. The summed E-state index contributed by atoms with van der Waals surface area (Å²) in [6, 6.07) is 0.0751. The molecule has 1 aliphatic rings. The van der Waals surface area contributed by atoms with Crippen molar-refractivity contribution in [2.24, 2.45) is 0 Å². The summed E-state index contributed by atoms with van der Waals surface area (Å²) in [5, 5.41) is 4.41. The van der Waals surface area contributed by atoms with Crippen LogP contribution in [-0.2, 0) is 4.79 Å². The van der Waals surface area contributed by atoms with Crippen LogP contribution in [0.3, 0.4) is 0 Å². The zero-order valence-electron chi connectivity index (χ0n) is 12.9. The van der Waals surface area contributed by atoms with Gasteiger partial charge in [0.2, 0.25) is 5.91 Å². The molecule has 6 heteroatoms. The van der Waals surface area contributed by atoms with Crippen LogP contribution in [0.2, 0.25) is 0 Å². The van der Waals surface area contributed by atoms with Crippen molar-refractivity contribution in [3.05, 3.63) is 15.6 Å². The maximum absolute atomic E-state index is 12.4. The molecule has 5 nitrogen and oxygen atoms in total. The van der Waals surface area contributed by atoms with Gasteiger partial charge >= 0.3 is 0 Å². The number of thiazole rings is 1. The number of likely N-dealkylation sites (N-methyl/N-ethyl adjacent to an activating group) is 1. The lowest BCUT2D eigenvalue weighted by Crippen LogP contribution is -2.58. The first-order valence-corrected chi connectivity index (χ1v) is 7.85. The van der Waals surface area contributed by atoms with Gasteiger partial charge in [-0.25, -0.2) is 4.98 Å². The summed E-state index contributed by atoms with van der Waals surface area (Å²) >= 11 is 1.73. The summed E-state index contributed by atoms with van der Waals surface area (Å²) in [6.07, 6.45) is 0. The molecule has 1 amide bonds. The predicted molar refractivity (Wildman–Crippen MR) is 82.1 cm³/mol. The average Bonchev–Trinajstić information content (AvgIpc) is 2.76. The van der Waals surface area contributed by atoms with E-state index in [2.05, 4.69) is 29.0 Å². The zero-order chi connectivity index (χ0) is 14.9. The lowest BCUT2D eigenvalue weighted by molar-refractivity contribution is -0.136. The van der Waals surface area contributed by atoms with E-state index in [-0.39, 0.29) is 18.0 Å². The largest absolute Gasteiger partial charge is 0.347 e. The number of amides is 1. The second-order valence-corrected chi connectivity index (χ2v) is 6.95. The van der Waals surface area contributed by atoms with E-state index in [4.69, 9.17) is 0 Å². The van der Waals surface area contributed by atoms with Crippen LogP contribution in [0.1, 0.15) is 28.5 Å². The second-order valence-electron chi connectivity index (χ2n) is 5.54. The Labute approximate surface area is 125 Å². The van der Waals surface area contributed by atoms with Gasteiger partial charge in [0.05, 0.1) is 16.7 Å². The highest BCUT2D eigenvalue weighted by Gasteiger charge is 2.34. The van der Waals surface area contributed by atoms with E-state index >= 15 is 0 Å². The molecule has 2 rings (SSSR count). The van der Waals surface area contributed by atoms with Gasteiger partial charge in [0.25, 0.3) is 0 Å². The molecule has 0 radical (unpaired) electrons. The van der Waals surface area contributed by atoms with E-state index in [1.165, 1.54) is 4.88 Å². The molecule has 2 unspecified atom stereocenters. The first-order chi connectivity index (χ1) is 9.41. The summed E-state index contributed by atoms with van der Waals surface area (Å²) in [5.74, 6) is 0.161. The van der Waals surface area contributed by atoms with Crippen molar-refractivity contribution in [2.45, 2.75) is 32.9 Å². The van der Waals surface area contributed by atoms with Crippen molar-refractivity contribution < 1.29 is 4.79 Å². The number of nitrogens with zero attached hydrogens (tertiary/aromatic N) is 3. The van der Waals surface area contributed by atoms with E-state index in [1.54, 1.807) is 16.2 Å². The quantitative estimate of drug-likeness (QED) is 0.910. The zero-order valence-corrected chi connectivity index (χ0v) is 13.8. The fraction of sp³-hybridized carbons (Fsp3) is 0.714.